The molecule has 0 atom stereocenters. The summed E-state index contributed by atoms with van der Waals surface area (Å²) in [6, 6.07) is 12.0. The molecule has 1 aliphatic heterocycles. The van der Waals surface area contributed by atoms with Gasteiger partial charge in [-0.1, -0.05) is 25.0 Å². The number of nitrogens with zero attached hydrogens (tertiary/aromatic N) is 1. The Balaban J connectivity index is 1.83. The van der Waals surface area contributed by atoms with Crippen molar-refractivity contribution in [3.63, 3.8) is 0 Å². The lowest BCUT2D eigenvalue weighted by atomic mass is 10.1. The monoisotopic (exact) mass is 430 g/mol. The zero-order valence-electron chi connectivity index (χ0n) is 17.8. The molecule has 0 saturated carbocycles. The number of carbonyl (C=O) groups excluding carboxylic acids is 1. The summed E-state index contributed by atoms with van der Waals surface area (Å²) in [5, 5.41) is 2.83. The average Bonchev–Trinajstić information content (AvgIpc) is 2.98. The van der Waals surface area contributed by atoms with Gasteiger partial charge in [0.2, 0.25) is 10.0 Å². The maximum Gasteiger partial charge on any atom is 0.255 e. The highest BCUT2D eigenvalue weighted by Crippen LogP contribution is 2.25. The van der Waals surface area contributed by atoms with Crippen molar-refractivity contribution in [1.29, 1.82) is 0 Å². The number of hydrogen-bond donors (Lipinski definition) is 1. The second kappa shape index (κ2) is 9.62. The van der Waals surface area contributed by atoms with Crippen molar-refractivity contribution in [3.8, 4) is 5.75 Å². The zero-order valence-corrected chi connectivity index (χ0v) is 18.7. The lowest BCUT2D eigenvalue weighted by Gasteiger charge is -2.21. The Morgan fingerprint density at radius 1 is 1.03 bits per heavy atom. The van der Waals surface area contributed by atoms with E-state index in [2.05, 4.69) is 5.32 Å². The van der Waals surface area contributed by atoms with Crippen LogP contribution in [-0.4, -0.2) is 37.8 Å². The van der Waals surface area contributed by atoms with Gasteiger partial charge in [-0.3, -0.25) is 4.79 Å². The molecule has 3 rings (SSSR count). The van der Waals surface area contributed by atoms with Crippen molar-refractivity contribution in [2.45, 2.75) is 57.5 Å². The van der Waals surface area contributed by atoms with E-state index in [4.69, 9.17) is 4.74 Å². The van der Waals surface area contributed by atoms with E-state index >= 15 is 0 Å². The summed E-state index contributed by atoms with van der Waals surface area (Å²) in [5.74, 6) is 0.306. The third-order valence-corrected chi connectivity index (χ3v) is 7.14. The minimum Gasteiger partial charge on any atom is -0.491 e. The maximum atomic E-state index is 13.2. The maximum absolute atomic E-state index is 13.2. The molecule has 0 radical (unpaired) electrons. The Hall–Kier alpha value is -2.38. The molecular weight excluding hydrogens is 400 g/mol. The topological polar surface area (TPSA) is 75.7 Å². The Labute approximate surface area is 179 Å². The van der Waals surface area contributed by atoms with Gasteiger partial charge in [0, 0.05) is 30.4 Å². The van der Waals surface area contributed by atoms with E-state index in [1.807, 2.05) is 19.9 Å². The number of benzene rings is 2. The predicted molar refractivity (Wildman–Crippen MR) is 119 cm³/mol. The highest BCUT2D eigenvalue weighted by Gasteiger charge is 2.27. The minimum atomic E-state index is -3.63. The fraction of sp³-hybridized carbons (Fsp3) is 0.435. The highest BCUT2D eigenvalue weighted by atomic mass is 32.2. The molecule has 30 heavy (non-hydrogen) atoms. The molecule has 1 saturated heterocycles. The Morgan fingerprint density at radius 3 is 2.40 bits per heavy atom. The van der Waals surface area contributed by atoms with Crippen LogP contribution in [0, 0.1) is 6.92 Å². The standard InChI is InChI=1S/C23H30N2O4S/c1-17(2)29-21-10-8-9-20(16-21)24-23(26)19-12-11-18(3)22(15-19)30(27,28)25-13-6-4-5-7-14-25/h8-12,15-17H,4-7,13-14H2,1-3H3,(H,24,26). The first-order valence-corrected chi connectivity index (χ1v) is 11.9. The van der Waals surface area contributed by atoms with Crippen LogP contribution in [0.15, 0.2) is 47.4 Å². The van der Waals surface area contributed by atoms with E-state index in [-0.39, 0.29) is 16.9 Å². The molecule has 2 aromatic carbocycles. The van der Waals surface area contributed by atoms with Gasteiger partial charge in [-0.2, -0.15) is 4.31 Å². The van der Waals surface area contributed by atoms with Gasteiger partial charge in [-0.25, -0.2) is 8.42 Å². The Kier molecular flexibility index (Phi) is 7.15. The summed E-state index contributed by atoms with van der Waals surface area (Å²) < 4.78 is 33.7. The Bertz CT molecular complexity index is 994. The lowest BCUT2D eigenvalue weighted by molar-refractivity contribution is 0.102. The predicted octanol–water partition coefficient (Wildman–Crippen LogP) is 4.60. The SMILES string of the molecule is Cc1ccc(C(=O)Nc2cccc(OC(C)C)c2)cc1S(=O)(=O)N1CCCCCC1. The second-order valence-corrected chi connectivity index (χ2v) is 9.85. The van der Waals surface area contributed by atoms with E-state index in [0.29, 0.717) is 35.7 Å². The Morgan fingerprint density at radius 2 is 1.73 bits per heavy atom. The van der Waals surface area contributed by atoms with Gasteiger partial charge in [0.05, 0.1) is 11.0 Å². The molecule has 7 heteroatoms. The van der Waals surface area contributed by atoms with Crippen molar-refractivity contribution >= 4 is 21.6 Å². The van der Waals surface area contributed by atoms with Crippen LogP contribution in [0.1, 0.15) is 55.5 Å². The van der Waals surface area contributed by atoms with Gasteiger partial charge in [-0.15, -0.1) is 0 Å². The molecule has 0 aromatic heterocycles. The van der Waals surface area contributed by atoms with Crippen molar-refractivity contribution in [3.05, 3.63) is 53.6 Å². The molecule has 162 valence electrons. The summed E-state index contributed by atoms with van der Waals surface area (Å²) >= 11 is 0. The van der Waals surface area contributed by atoms with E-state index in [9.17, 15) is 13.2 Å². The molecule has 1 heterocycles. The van der Waals surface area contributed by atoms with E-state index in [1.54, 1.807) is 41.6 Å². The van der Waals surface area contributed by atoms with Crippen LogP contribution in [0.25, 0.3) is 0 Å². The van der Waals surface area contributed by atoms with Crippen LogP contribution in [0.5, 0.6) is 5.75 Å². The van der Waals surface area contributed by atoms with Gasteiger partial charge < -0.3 is 10.1 Å². The van der Waals surface area contributed by atoms with Gasteiger partial charge >= 0.3 is 0 Å². The first kappa shape index (κ1) is 22.3. The number of sulfonamides is 1. The summed E-state index contributed by atoms with van der Waals surface area (Å²) in [6.07, 6.45) is 3.86. The highest BCUT2D eigenvalue weighted by molar-refractivity contribution is 7.89. The van der Waals surface area contributed by atoms with E-state index < -0.39 is 10.0 Å². The van der Waals surface area contributed by atoms with Crippen molar-refractivity contribution in [2.75, 3.05) is 18.4 Å². The fourth-order valence-electron chi connectivity index (χ4n) is 3.56. The largest absolute Gasteiger partial charge is 0.491 e. The third kappa shape index (κ3) is 5.40. The molecule has 0 unspecified atom stereocenters. The molecule has 1 N–H and O–H groups in total. The molecule has 1 fully saturated rings. The van der Waals surface area contributed by atoms with Gasteiger partial charge in [0.25, 0.3) is 5.91 Å². The molecule has 0 spiro atoms. The normalized spacial score (nSPS) is 15.6. The van der Waals surface area contributed by atoms with Crippen LogP contribution >= 0.6 is 0 Å². The van der Waals surface area contributed by atoms with E-state index in [0.717, 1.165) is 25.7 Å². The van der Waals surface area contributed by atoms with Crippen LogP contribution in [0.2, 0.25) is 0 Å². The zero-order chi connectivity index (χ0) is 21.7. The number of carbonyl (C=O) groups is 1. The number of anilines is 1. The first-order valence-electron chi connectivity index (χ1n) is 10.5. The van der Waals surface area contributed by atoms with E-state index in [1.165, 1.54) is 6.07 Å². The van der Waals surface area contributed by atoms with Crippen LogP contribution < -0.4 is 10.1 Å². The van der Waals surface area contributed by atoms with Crippen LogP contribution in [0.3, 0.4) is 0 Å². The number of hydrogen-bond acceptors (Lipinski definition) is 4. The quantitative estimate of drug-likeness (QED) is 0.727. The average molecular weight is 431 g/mol. The molecule has 0 aliphatic carbocycles. The molecule has 6 nitrogen and oxygen atoms in total. The van der Waals surface area contributed by atoms with Gasteiger partial charge in [0.1, 0.15) is 5.75 Å². The van der Waals surface area contributed by atoms with Gasteiger partial charge in [0.15, 0.2) is 0 Å². The first-order chi connectivity index (χ1) is 14.3. The van der Waals surface area contributed by atoms with Crippen LogP contribution in [-0.2, 0) is 10.0 Å². The smallest absolute Gasteiger partial charge is 0.255 e. The lowest BCUT2D eigenvalue weighted by Crippen LogP contribution is -2.32. The third-order valence-electron chi connectivity index (χ3n) is 5.10. The number of rotatable bonds is 6. The summed E-state index contributed by atoms with van der Waals surface area (Å²) in [6.45, 7) is 6.69. The van der Waals surface area contributed by atoms with Crippen molar-refractivity contribution in [1.82, 2.24) is 4.31 Å². The molecule has 2 aromatic rings. The fourth-order valence-corrected chi connectivity index (χ4v) is 5.33. The summed E-state index contributed by atoms with van der Waals surface area (Å²) in [4.78, 5) is 13.0. The number of aryl methyl sites for hydroxylation is 1. The van der Waals surface area contributed by atoms with Crippen molar-refractivity contribution in [2.24, 2.45) is 0 Å². The molecular formula is C23H30N2O4S. The molecule has 1 aliphatic rings. The number of nitrogens with one attached hydrogen (secondary N) is 1. The minimum absolute atomic E-state index is 0.0276. The second-order valence-electron chi connectivity index (χ2n) is 7.95. The summed E-state index contributed by atoms with van der Waals surface area (Å²) in [5.41, 5.74) is 1.54. The summed E-state index contributed by atoms with van der Waals surface area (Å²) in [7, 11) is -3.63. The van der Waals surface area contributed by atoms with Crippen molar-refractivity contribution < 1.29 is 17.9 Å². The number of ether oxygens (including phenoxy) is 1. The number of amides is 1. The molecule has 0 bridgehead atoms. The van der Waals surface area contributed by atoms with Crippen LogP contribution in [0.4, 0.5) is 5.69 Å². The molecule has 1 amide bonds. The van der Waals surface area contributed by atoms with Gasteiger partial charge in [-0.05, 0) is 63.4 Å².